The van der Waals surface area contributed by atoms with E-state index in [2.05, 4.69) is 42.4 Å². The minimum absolute atomic E-state index is 0.0695. The molecule has 1 saturated heterocycles. The van der Waals surface area contributed by atoms with Gasteiger partial charge in [0.25, 0.3) is 5.91 Å². The zero-order chi connectivity index (χ0) is 21.1. The molecule has 1 amide bonds. The molecule has 2 bridgehead atoms. The van der Waals surface area contributed by atoms with E-state index in [0.29, 0.717) is 30.8 Å². The van der Waals surface area contributed by atoms with Gasteiger partial charge in [-0.05, 0) is 69.5 Å². The number of nitrogens with zero attached hydrogens (tertiary/aromatic N) is 2. The predicted molar refractivity (Wildman–Crippen MR) is 121 cm³/mol. The van der Waals surface area contributed by atoms with Crippen LogP contribution in [0.5, 0.6) is 5.75 Å². The summed E-state index contributed by atoms with van der Waals surface area (Å²) >= 11 is 0. The van der Waals surface area contributed by atoms with Gasteiger partial charge < -0.3 is 15.0 Å². The fourth-order valence-corrected chi connectivity index (χ4v) is 4.88. The third-order valence-electron chi connectivity index (χ3n) is 6.60. The second-order valence-corrected chi connectivity index (χ2v) is 8.52. The summed E-state index contributed by atoms with van der Waals surface area (Å²) in [7, 11) is 2.22. The summed E-state index contributed by atoms with van der Waals surface area (Å²) in [5.74, 6) is 0.817. The van der Waals surface area contributed by atoms with Crippen LogP contribution in [0.15, 0.2) is 42.5 Å². The van der Waals surface area contributed by atoms with E-state index in [4.69, 9.17) is 4.74 Å². The zero-order valence-corrected chi connectivity index (χ0v) is 18.4. The van der Waals surface area contributed by atoms with Crippen molar-refractivity contribution in [3.05, 3.63) is 59.2 Å². The number of ether oxygens (including phenoxy) is 1. The van der Waals surface area contributed by atoms with Crippen molar-refractivity contribution in [3.8, 4) is 5.75 Å². The lowest BCUT2D eigenvalue weighted by atomic mass is 10.0. The van der Waals surface area contributed by atoms with Gasteiger partial charge in [0.15, 0.2) is 0 Å². The van der Waals surface area contributed by atoms with E-state index in [1.54, 1.807) is 0 Å². The van der Waals surface area contributed by atoms with Crippen LogP contribution in [0.1, 0.15) is 47.7 Å². The quantitative estimate of drug-likeness (QED) is 0.823. The fraction of sp³-hybridized carbons (Fsp3) is 0.480. The van der Waals surface area contributed by atoms with E-state index >= 15 is 0 Å². The number of aryl methyl sites for hydroxylation is 1. The van der Waals surface area contributed by atoms with E-state index in [9.17, 15) is 4.79 Å². The number of likely N-dealkylation sites (N-methyl/N-ethyl adjacent to an activating group) is 1. The Labute approximate surface area is 180 Å². The summed E-state index contributed by atoms with van der Waals surface area (Å²) in [5.41, 5.74) is 4.29. The number of hydrogen-bond donors (Lipinski definition) is 1. The maximum Gasteiger partial charge on any atom is 0.254 e. The van der Waals surface area contributed by atoms with Crippen LogP contribution < -0.4 is 10.1 Å². The first-order valence-electron chi connectivity index (χ1n) is 11.1. The smallest absolute Gasteiger partial charge is 0.254 e. The first-order valence-corrected chi connectivity index (χ1v) is 11.1. The van der Waals surface area contributed by atoms with Crippen molar-refractivity contribution in [1.82, 2.24) is 9.80 Å². The average molecular weight is 408 g/mol. The molecule has 1 N–H and O–H groups in total. The molecule has 2 unspecified atom stereocenters. The second kappa shape index (κ2) is 9.09. The van der Waals surface area contributed by atoms with Crippen LogP contribution in [-0.4, -0.2) is 54.5 Å². The Morgan fingerprint density at radius 1 is 1.13 bits per heavy atom. The molecule has 0 spiro atoms. The van der Waals surface area contributed by atoms with Crippen LogP contribution in [0.4, 0.5) is 5.69 Å². The van der Waals surface area contributed by atoms with Gasteiger partial charge in [0, 0.05) is 43.0 Å². The van der Waals surface area contributed by atoms with Crippen molar-refractivity contribution in [2.24, 2.45) is 0 Å². The average Bonchev–Trinajstić information content (AvgIpc) is 3.07. The molecule has 5 nitrogen and oxygen atoms in total. The number of carbonyl (C=O) groups is 1. The number of carbonyl (C=O) groups excluding carboxylic acids is 1. The number of nitrogens with one attached hydrogen (secondary N) is 1. The van der Waals surface area contributed by atoms with E-state index in [-0.39, 0.29) is 5.91 Å². The van der Waals surface area contributed by atoms with Crippen LogP contribution >= 0.6 is 0 Å². The molecule has 160 valence electrons. The molecule has 0 aliphatic carbocycles. The van der Waals surface area contributed by atoms with Crippen molar-refractivity contribution < 1.29 is 9.53 Å². The summed E-state index contributed by atoms with van der Waals surface area (Å²) in [4.78, 5) is 18.1. The highest BCUT2D eigenvalue weighted by Crippen LogP contribution is 2.30. The Balaban J connectivity index is 1.68. The number of hydrogen-bond acceptors (Lipinski definition) is 4. The zero-order valence-electron chi connectivity index (χ0n) is 18.4. The van der Waals surface area contributed by atoms with Crippen molar-refractivity contribution in [1.29, 1.82) is 0 Å². The van der Waals surface area contributed by atoms with Gasteiger partial charge >= 0.3 is 0 Å². The Hall–Kier alpha value is -2.53. The molecule has 2 atom stereocenters. The maximum atomic E-state index is 13.6. The molecular weight excluding hydrogens is 374 g/mol. The summed E-state index contributed by atoms with van der Waals surface area (Å²) in [5, 5.41) is 3.67. The van der Waals surface area contributed by atoms with Crippen LogP contribution in [0.3, 0.4) is 0 Å². The van der Waals surface area contributed by atoms with Crippen LogP contribution in [0.2, 0.25) is 0 Å². The summed E-state index contributed by atoms with van der Waals surface area (Å²) < 4.78 is 5.63. The molecule has 4 rings (SSSR count). The Kier molecular flexibility index (Phi) is 6.28. The standard InChI is InChI=1S/C25H33N3O2/c1-4-30-23-10-6-8-19(15-23)25(29)28-16-20-9-5-7-18(2)24(20)26-14-13-21-11-12-22(17-28)27(21)3/h5-10,15,21-22,26H,4,11-14,16-17H2,1-3H3. The highest BCUT2D eigenvalue weighted by Gasteiger charge is 2.33. The third-order valence-corrected chi connectivity index (χ3v) is 6.60. The number of rotatable bonds is 3. The lowest BCUT2D eigenvalue weighted by molar-refractivity contribution is 0.0689. The lowest BCUT2D eigenvalue weighted by Gasteiger charge is -2.31. The summed E-state index contributed by atoms with van der Waals surface area (Å²) in [6.07, 6.45) is 3.47. The van der Waals surface area contributed by atoms with Crippen molar-refractivity contribution >= 4 is 11.6 Å². The van der Waals surface area contributed by atoms with Crippen molar-refractivity contribution in [3.63, 3.8) is 0 Å². The maximum absolute atomic E-state index is 13.6. The van der Waals surface area contributed by atoms with Gasteiger partial charge in [-0.15, -0.1) is 0 Å². The number of benzene rings is 2. The van der Waals surface area contributed by atoms with E-state index in [0.717, 1.165) is 31.7 Å². The molecule has 5 heteroatoms. The molecule has 2 aliphatic rings. The highest BCUT2D eigenvalue weighted by atomic mass is 16.5. The van der Waals surface area contributed by atoms with Gasteiger partial charge in [-0.1, -0.05) is 24.3 Å². The van der Waals surface area contributed by atoms with Gasteiger partial charge in [0.1, 0.15) is 5.75 Å². The van der Waals surface area contributed by atoms with Gasteiger partial charge in [-0.25, -0.2) is 0 Å². The fourth-order valence-electron chi connectivity index (χ4n) is 4.88. The Morgan fingerprint density at radius 3 is 2.77 bits per heavy atom. The monoisotopic (exact) mass is 407 g/mol. The molecule has 0 saturated carbocycles. The molecule has 0 aromatic heterocycles. The van der Waals surface area contributed by atoms with Crippen LogP contribution in [0.25, 0.3) is 0 Å². The van der Waals surface area contributed by atoms with Crippen molar-refractivity contribution in [2.45, 2.75) is 51.7 Å². The first-order chi connectivity index (χ1) is 14.6. The minimum Gasteiger partial charge on any atom is -0.494 e. The normalized spacial score (nSPS) is 22.0. The lowest BCUT2D eigenvalue weighted by Crippen LogP contribution is -2.43. The topological polar surface area (TPSA) is 44.8 Å². The second-order valence-electron chi connectivity index (χ2n) is 8.52. The molecule has 2 aromatic carbocycles. The van der Waals surface area contributed by atoms with E-state index in [1.165, 1.54) is 23.2 Å². The first kappa shape index (κ1) is 20.7. The van der Waals surface area contributed by atoms with Crippen molar-refractivity contribution in [2.75, 3.05) is 32.1 Å². The molecular formula is C25H33N3O2. The Morgan fingerprint density at radius 2 is 1.93 bits per heavy atom. The SMILES string of the molecule is CCOc1cccc(C(=O)N2Cc3cccc(C)c3NCCC3CCC(C2)N3C)c1. The van der Waals surface area contributed by atoms with Gasteiger partial charge in [-0.2, -0.15) is 0 Å². The minimum atomic E-state index is 0.0695. The van der Waals surface area contributed by atoms with Gasteiger partial charge in [0.05, 0.1) is 6.61 Å². The molecule has 2 heterocycles. The van der Waals surface area contributed by atoms with Gasteiger partial charge in [-0.3, -0.25) is 9.69 Å². The largest absolute Gasteiger partial charge is 0.494 e. The predicted octanol–water partition coefficient (Wildman–Crippen LogP) is 4.31. The third kappa shape index (κ3) is 4.31. The van der Waals surface area contributed by atoms with Gasteiger partial charge in [0.2, 0.25) is 0 Å². The summed E-state index contributed by atoms with van der Waals surface area (Å²) in [6, 6.07) is 14.9. The van der Waals surface area contributed by atoms with E-state index < -0.39 is 0 Å². The Bertz CT molecular complexity index is 898. The number of amides is 1. The van der Waals surface area contributed by atoms with E-state index in [1.807, 2.05) is 36.1 Å². The highest BCUT2D eigenvalue weighted by molar-refractivity contribution is 5.94. The molecule has 2 aromatic rings. The molecule has 1 fully saturated rings. The molecule has 2 aliphatic heterocycles. The molecule has 30 heavy (non-hydrogen) atoms. The molecule has 0 radical (unpaired) electrons. The summed E-state index contributed by atoms with van der Waals surface area (Å²) in [6.45, 7) is 7.01. The number of fused-ring (bicyclic) bond motifs is 3. The number of para-hydroxylation sites is 1. The van der Waals surface area contributed by atoms with Crippen LogP contribution in [-0.2, 0) is 6.54 Å². The number of anilines is 1. The van der Waals surface area contributed by atoms with Crippen LogP contribution in [0, 0.1) is 6.92 Å².